The van der Waals surface area contributed by atoms with Gasteiger partial charge in [0, 0.05) is 17.1 Å². The van der Waals surface area contributed by atoms with Crippen molar-refractivity contribution >= 4 is 28.6 Å². The van der Waals surface area contributed by atoms with Crippen molar-refractivity contribution < 1.29 is 0 Å². The Bertz CT molecular complexity index is 518. The number of halogens is 1. The Hall–Kier alpha value is -0.990. The molecule has 0 radical (unpaired) electrons. The molecule has 2 heterocycles. The maximum atomic E-state index is 5.96. The van der Waals surface area contributed by atoms with Gasteiger partial charge in [0.05, 0.1) is 4.34 Å². The van der Waals surface area contributed by atoms with Crippen LogP contribution < -0.4 is 5.32 Å². The lowest BCUT2D eigenvalue weighted by Crippen LogP contribution is -2.11. The van der Waals surface area contributed by atoms with Crippen LogP contribution in [0.3, 0.4) is 0 Å². The van der Waals surface area contributed by atoms with Crippen LogP contribution in [0.4, 0.5) is 5.69 Å². The Labute approximate surface area is 104 Å². The highest BCUT2D eigenvalue weighted by atomic mass is 35.5. The predicted octanol–water partition coefficient (Wildman–Crippen LogP) is 4.43. The molecule has 0 saturated heterocycles. The second-order valence-corrected chi connectivity index (χ2v) is 5.72. The number of anilines is 1. The van der Waals surface area contributed by atoms with Crippen LogP contribution in [-0.2, 0) is 6.42 Å². The zero-order valence-corrected chi connectivity index (χ0v) is 10.4. The van der Waals surface area contributed by atoms with Gasteiger partial charge >= 0.3 is 0 Å². The number of benzene rings is 1. The molecule has 0 unspecified atom stereocenters. The largest absolute Gasteiger partial charge is 0.385 e. The van der Waals surface area contributed by atoms with Gasteiger partial charge in [-0.1, -0.05) is 17.7 Å². The first-order chi connectivity index (χ1) is 7.83. The van der Waals surface area contributed by atoms with Crippen LogP contribution in [0.25, 0.3) is 10.4 Å². The number of nitrogens with one attached hydrogen (secondary N) is 1. The second kappa shape index (κ2) is 4.11. The van der Waals surface area contributed by atoms with Crippen LogP contribution in [0, 0.1) is 0 Å². The molecule has 3 heteroatoms. The maximum Gasteiger partial charge on any atom is 0.0934 e. The molecule has 0 aliphatic carbocycles. The van der Waals surface area contributed by atoms with E-state index in [1.54, 1.807) is 11.3 Å². The smallest absolute Gasteiger partial charge is 0.0934 e. The van der Waals surface area contributed by atoms with Gasteiger partial charge in [0.1, 0.15) is 0 Å². The molecule has 0 fully saturated rings. The van der Waals surface area contributed by atoms with E-state index < -0.39 is 0 Å². The van der Waals surface area contributed by atoms with Crippen LogP contribution in [0.1, 0.15) is 12.0 Å². The molecule has 1 aliphatic rings. The molecule has 1 aromatic carbocycles. The first kappa shape index (κ1) is 10.2. The molecule has 0 saturated carbocycles. The standard InChI is InChI=1S/C13H12ClNS/c14-13-6-5-12(16-13)10-3-4-11-9(8-10)2-1-7-15-11/h3-6,8,15H,1-2,7H2. The van der Waals surface area contributed by atoms with Gasteiger partial charge in [-0.3, -0.25) is 0 Å². The summed E-state index contributed by atoms with van der Waals surface area (Å²) in [5.74, 6) is 0. The van der Waals surface area contributed by atoms with Crippen molar-refractivity contribution in [1.29, 1.82) is 0 Å². The predicted molar refractivity (Wildman–Crippen MR) is 71.6 cm³/mol. The number of fused-ring (bicyclic) bond motifs is 1. The third kappa shape index (κ3) is 1.83. The Morgan fingerprint density at radius 1 is 1.19 bits per heavy atom. The van der Waals surface area contributed by atoms with Gasteiger partial charge in [0.25, 0.3) is 0 Å². The average Bonchev–Trinajstić information content (AvgIpc) is 2.75. The molecule has 16 heavy (non-hydrogen) atoms. The van der Waals surface area contributed by atoms with E-state index in [1.165, 1.54) is 34.5 Å². The maximum absolute atomic E-state index is 5.96. The van der Waals surface area contributed by atoms with Crippen LogP contribution in [0.15, 0.2) is 30.3 Å². The van der Waals surface area contributed by atoms with E-state index in [4.69, 9.17) is 11.6 Å². The zero-order valence-electron chi connectivity index (χ0n) is 8.79. The van der Waals surface area contributed by atoms with Crippen molar-refractivity contribution in [2.45, 2.75) is 12.8 Å². The van der Waals surface area contributed by atoms with E-state index in [2.05, 4.69) is 29.6 Å². The molecular formula is C13H12ClNS. The van der Waals surface area contributed by atoms with Crippen LogP contribution in [0.2, 0.25) is 4.34 Å². The molecule has 1 nitrogen and oxygen atoms in total. The molecule has 0 atom stereocenters. The fourth-order valence-electron chi connectivity index (χ4n) is 2.10. The van der Waals surface area contributed by atoms with E-state index in [0.717, 1.165) is 10.9 Å². The van der Waals surface area contributed by atoms with Crippen LogP contribution in [0.5, 0.6) is 0 Å². The summed E-state index contributed by atoms with van der Waals surface area (Å²) in [6.07, 6.45) is 2.40. The molecule has 1 aliphatic heterocycles. The summed E-state index contributed by atoms with van der Waals surface area (Å²) in [5, 5.41) is 3.42. The summed E-state index contributed by atoms with van der Waals surface area (Å²) in [7, 11) is 0. The molecule has 0 spiro atoms. The van der Waals surface area contributed by atoms with Crippen molar-refractivity contribution in [3.05, 3.63) is 40.2 Å². The van der Waals surface area contributed by atoms with Crippen molar-refractivity contribution in [2.24, 2.45) is 0 Å². The first-order valence-electron chi connectivity index (χ1n) is 5.45. The minimum Gasteiger partial charge on any atom is -0.385 e. The fourth-order valence-corrected chi connectivity index (χ4v) is 3.14. The van der Waals surface area contributed by atoms with Crippen molar-refractivity contribution in [3.8, 4) is 10.4 Å². The van der Waals surface area contributed by atoms with Gasteiger partial charge in [-0.15, -0.1) is 11.3 Å². The number of hydrogen-bond donors (Lipinski definition) is 1. The highest BCUT2D eigenvalue weighted by molar-refractivity contribution is 7.19. The van der Waals surface area contributed by atoms with E-state index in [9.17, 15) is 0 Å². The third-order valence-electron chi connectivity index (χ3n) is 2.90. The zero-order chi connectivity index (χ0) is 11.0. The van der Waals surface area contributed by atoms with E-state index in [1.807, 2.05) is 6.07 Å². The molecule has 1 aromatic heterocycles. The second-order valence-electron chi connectivity index (χ2n) is 4.01. The molecule has 1 N–H and O–H groups in total. The summed E-state index contributed by atoms with van der Waals surface area (Å²) in [5.41, 5.74) is 3.99. The summed E-state index contributed by atoms with van der Waals surface area (Å²) in [6.45, 7) is 1.09. The number of hydrogen-bond acceptors (Lipinski definition) is 2. The quantitative estimate of drug-likeness (QED) is 0.789. The fraction of sp³-hybridized carbons (Fsp3) is 0.231. The van der Waals surface area contributed by atoms with Gasteiger partial charge in [-0.05, 0) is 48.2 Å². The van der Waals surface area contributed by atoms with Gasteiger partial charge < -0.3 is 5.32 Å². The molecule has 0 amide bonds. The average molecular weight is 250 g/mol. The number of rotatable bonds is 1. The summed E-state index contributed by atoms with van der Waals surface area (Å²) < 4.78 is 0.853. The summed E-state index contributed by atoms with van der Waals surface area (Å²) in [6, 6.07) is 10.7. The topological polar surface area (TPSA) is 12.0 Å². The molecule has 82 valence electrons. The normalized spacial score (nSPS) is 14.3. The van der Waals surface area contributed by atoms with Gasteiger partial charge in [-0.2, -0.15) is 0 Å². The summed E-state index contributed by atoms with van der Waals surface area (Å²) >= 11 is 7.60. The van der Waals surface area contributed by atoms with Crippen molar-refractivity contribution in [3.63, 3.8) is 0 Å². The molecular weight excluding hydrogens is 238 g/mol. The highest BCUT2D eigenvalue weighted by Crippen LogP contribution is 2.34. The van der Waals surface area contributed by atoms with Gasteiger partial charge in [0.2, 0.25) is 0 Å². The minimum absolute atomic E-state index is 0.853. The minimum atomic E-state index is 0.853. The van der Waals surface area contributed by atoms with Crippen LogP contribution >= 0.6 is 22.9 Å². The van der Waals surface area contributed by atoms with E-state index in [-0.39, 0.29) is 0 Å². The lowest BCUT2D eigenvalue weighted by atomic mass is 10.0. The first-order valence-corrected chi connectivity index (χ1v) is 6.65. The lowest BCUT2D eigenvalue weighted by molar-refractivity contribution is 0.831. The number of thiophene rings is 1. The molecule has 0 bridgehead atoms. The third-order valence-corrected chi connectivity index (χ3v) is 4.18. The Balaban J connectivity index is 2.02. The van der Waals surface area contributed by atoms with Gasteiger partial charge in [-0.25, -0.2) is 0 Å². The summed E-state index contributed by atoms with van der Waals surface area (Å²) in [4.78, 5) is 1.25. The molecule has 3 rings (SSSR count). The molecule has 2 aromatic rings. The highest BCUT2D eigenvalue weighted by Gasteiger charge is 2.10. The van der Waals surface area contributed by atoms with E-state index in [0.29, 0.717) is 0 Å². The lowest BCUT2D eigenvalue weighted by Gasteiger charge is -2.18. The van der Waals surface area contributed by atoms with E-state index >= 15 is 0 Å². The monoisotopic (exact) mass is 249 g/mol. The Kier molecular flexibility index (Phi) is 2.62. The van der Waals surface area contributed by atoms with Gasteiger partial charge in [0.15, 0.2) is 0 Å². The van der Waals surface area contributed by atoms with Crippen molar-refractivity contribution in [2.75, 3.05) is 11.9 Å². The number of aryl methyl sites for hydroxylation is 1. The SMILES string of the molecule is Clc1ccc(-c2ccc3c(c2)CCCN3)s1. The van der Waals surface area contributed by atoms with Crippen LogP contribution in [-0.4, -0.2) is 6.54 Å². The van der Waals surface area contributed by atoms with Crippen molar-refractivity contribution in [1.82, 2.24) is 0 Å². The Morgan fingerprint density at radius 3 is 2.94 bits per heavy atom. The Morgan fingerprint density at radius 2 is 2.12 bits per heavy atom.